The van der Waals surface area contributed by atoms with Gasteiger partial charge in [0.2, 0.25) is 5.69 Å². The first-order chi connectivity index (χ1) is 11.3. The molecule has 0 bridgehead atoms. The molecule has 3 rings (SSSR count). The highest BCUT2D eigenvalue weighted by molar-refractivity contribution is 5.94. The molecule has 0 radical (unpaired) electrons. The Hall–Kier alpha value is -2.47. The van der Waals surface area contributed by atoms with Gasteiger partial charge in [0.1, 0.15) is 6.17 Å². The molecular formula is C21H25N3. The Morgan fingerprint density at radius 3 is 1.96 bits per heavy atom. The molecule has 1 aliphatic rings. The molecule has 0 saturated carbocycles. The fraction of sp³-hybridized carbons (Fsp3) is 0.381. The lowest BCUT2D eigenvalue weighted by atomic mass is 9.92. The molecule has 124 valence electrons. The number of nitrogens with zero attached hydrogens (tertiary/aromatic N) is 3. The molecule has 3 nitrogen and oxygen atoms in total. The molecule has 1 heterocycles. The molecule has 24 heavy (non-hydrogen) atoms. The zero-order chi connectivity index (χ0) is 17.8. The maximum absolute atomic E-state index is 7.60. The fourth-order valence-electron chi connectivity index (χ4n) is 3.84. The van der Waals surface area contributed by atoms with E-state index in [0.717, 1.165) is 17.1 Å². The minimum atomic E-state index is 0.182. The van der Waals surface area contributed by atoms with Crippen molar-refractivity contribution in [3.05, 3.63) is 57.4 Å². The van der Waals surface area contributed by atoms with Gasteiger partial charge < -0.3 is 9.80 Å². The van der Waals surface area contributed by atoms with Crippen LogP contribution in [0.4, 0.5) is 22.7 Å². The van der Waals surface area contributed by atoms with E-state index in [1.807, 2.05) is 12.1 Å². The number of fused-ring (bicyclic) bond motifs is 1. The Labute approximate surface area is 145 Å². The Kier molecular flexibility index (Phi) is 3.80. The van der Waals surface area contributed by atoms with Gasteiger partial charge in [0.05, 0.1) is 17.9 Å². The van der Waals surface area contributed by atoms with Gasteiger partial charge in [0, 0.05) is 12.7 Å². The van der Waals surface area contributed by atoms with E-state index in [1.54, 1.807) is 0 Å². The van der Waals surface area contributed by atoms with Crippen molar-refractivity contribution in [2.24, 2.45) is 0 Å². The maximum atomic E-state index is 7.60. The molecule has 0 aliphatic carbocycles. The van der Waals surface area contributed by atoms with Gasteiger partial charge in [-0.2, -0.15) is 0 Å². The van der Waals surface area contributed by atoms with E-state index in [1.165, 1.54) is 33.5 Å². The van der Waals surface area contributed by atoms with Gasteiger partial charge in [-0.05, 0) is 75.4 Å². The standard InChI is InChI=1S/C21H25N3/c1-12-13(2)15(4)20(16(5)14(12)3)24-17(6)23(8)19-11-9-10-18(22-7)21(19)24/h9-11,17H,1-6,8H3/t17-/m0/s1. The first-order valence-corrected chi connectivity index (χ1v) is 8.40. The Morgan fingerprint density at radius 1 is 0.875 bits per heavy atom. The third-order valence-corrected chi connectivity index (χ3v) is 5.87. The summed E-state index contributed by atoms with van der Waals surface area (Å²) in [4.78, 5) is 8.40. The van der Waals surface area contributed by atoms with E-state index in [9.17, 15) is 0 Å². The first-order valence-electron chi connectivity index (χ1n) is 8.40. The molecule has 0 saturated heterocycles. The number of benzene rings is 2. The van der Waals surface area contributed by atoms with Gasteiger partial charge >= 0.3 is 0 Å². The molecule has 1 aliphatic heterocycles. The average Bonchev–Trinajstić information content (AvgIpc) is 2.84. The molecule has 0 spiro atoms. The summed E-state index contributed by atoms with van der Waals surface area (Å²) >= 11 is 0. The molecular weight excluding hydrogens is 294 g/mol. The lowest BCUT2D eigenvalue weighted by Crippen LogP contribution is -2.36. The molecule has 0 N–H and O–H groups in total. The van der Waals surface area contributed by atoms with Crippen molar-refractivity contribution in [3.63, 3.8) is 0 Å². The minimum absolute atomic E-state index is 0.182. The summed E-state index contributed by atoms with van der Waals surface area (Å²) in [5.74, 6) is 0. The Balaban J connectivity index is 2.37. The van der Waals surface area contributed by atoms with Gasteiger partial charge in [-0.3, -0.25) is 0 Å². The van der Waals surface area contributed by atoms with Crippen LogP contribution in [-0.4, -0.2) is 13.2 Å². The van der Waals surface area contributed by atoms with Crippen molar-refractivity contribution in [1.82, 2.24) is 0 Å². The predicted octanol–water partition coefficient (Wildman–Crippen LogP) is 5.71. The second kappa shape index (κ2) is 5.56. The monoisotopic (exact) mass is 319 g/mol. The van der Waals surface area contributed by atoms with Crippen LogP contribution >= 0.6 is 0 Å². The Morgan fingerprint density at radius 2 is 1.42 bits per heavy atom. The third-order valence-electron chi connectivity index (χ3n) is 5.87. The molecule has 1 atom stereocenters. The highest BCUT2D eigenvalue weighted by Crippen LogP contribution is 2.51. The SMILES string of the molecule is [C-]#[N+]c1cccc2c1N(c1c(C)c(C)c(C)c(C)c1C)[C@@H](C)N2C. The van der Waals surface area contributed by atoms with E-state index in [0.29, 0.717) is 0 Å². The molecule has 0 amide bonds. The summed E-state index contributed by atoms with van der Waals surface area (Å²) < 4.78 is 0. The van der Waals surface area contributed by atoms with Crippen LogP contribution in [0, 0.1) is 41.2 Å². The van der Waals surface area contributed by atoms with Crippen LogP contribution in [0.25, 0.3) is 4.85 Å². The zero-order valence-electron chi connectivity index (χ0n) is 15.7. The van der Waals surface area contributed by atoms with Gasteiger partial charge in [0.25, 0.3) is 0 Å². The topological polar surface area (TPSA) is 10.8 Å². The lowest BCUT2D eigenvalue weighted by Gasteiger charge is -2.33. The van der Waals surface area contributed by atoms with Gasteiger partial charge in [-0.25, -0.2) is 4.85 Å². The van der Waals surface area contributed by atoms with Crippen molar-refractivity contribution in [2.75, 3.05) is 16.8 Å². The summed E-state index contributed by atoms with van der Waals surface area (Å²) in [6.45, 7) is 20.8. The molecule has 2 aromatic rings. The number of anilines is 3. The third kappa shape index (κ3) is 2.03. The number of hydrogen-bond acceptors (Lipinski definition) is 2. The van der Waals surface area contributed by atoms with E-state index in [2.05, 4.69) is 69.3 Å². The van der Waals surface area contributed by atoms with Crippen LogP contribution in [0.5, 0.6) is 0 Å². The van der Waals surface area contributed by atoms with Crippen molar-refractivity contribution in [3.8, 4) is 0 Å². The highest BCUT2D eigenvalue weighted by Gasteiger charge is 2.35. The number of hydrogen-bond donors (Lipinski definition) is 0. The second-order valence-corrected chi connectivity index (χ2v) is 6.84. The largest absolute Gasteiger partial charge is 0.354 e. The van der Waals surface area contributed by atoms with Crippen LogP contribution in [-0.2, 0) is 0 Å². The highest BCUT2D eigenvalue weighted by atomic mass is 15.4. The maximum Gasteiger partial charge on any atom is 0.212 e. The van der Waals surface area contributed by atoms with E-state index in [4.69, 9.17) is 6.57 Å². The summed E-state index contributed by atoms with van der Waals surface area (Å²) in [7, 11) is 2.11. The number of rotatable bonds is 1. The van der Waals surface area contributed by atoms with Crippen LogP contribution in [0.15, 0.2) is 18.2 Å². The van der Waals surface area contributed by atoms with Crippen molar-refractivity contribution in [1.29, 1.82) is 0 Å². The summed E-state index contributed by atoms with van der Waals surface area (Å²) in [5.41, 5.74) is 10.8. The number of para-hydroxylation sites is 1. The fourth-order valence-corrected chi connectivity index (χ4v) is 3.84. The average molecular weight is 319 g/mol. The van der Waals surface area contributed by atoms with Gasteiger partial charge in [-0.15, -0.1) is 0 Å². The molecule has 0 fully saturated rings. The summed E-state index contributed by atoms with van der Waals surface area (Å²) in [5, 5.41) is 0. The van der Waals surface area contributed by atoms with Crippen molar-refractivity contribution < 1.29 is 0 Å². The first kappa shape index (κ1) is 16.4. The van der Waals surface area contributed by atoms with Crippen molar-refractivity contribution >= 4 is 22.7 Å². The molecule has 2 aromatic carbocycles. The van der Waals surface area contributed by atoms with Crippen LogP contribution < -0.4 is 9.80 Å². The van der Waals surface area contributed by atoms with E-state index in [-0.39, 0.29) is 6.17 Å². The summed E-state index contributed by atoms with van der Waals surface area (Å²) in [6, 6.07) is 6.01. The van der Waals surface area contributed by atoms with Crippen LogP contribution in [0.3, 0.4) is 0 Å². The summed E-state index contributed by atoms with van der Waals surface area (Å²) in [6.07, 6.45) is 0.182. The minimum Gasteiger partial charge on any atom is -0.354 e. The predicted molar refractivity (Wildman–Crippen MR) is 103 cm³/mol. The second-order valence-electron chi connectivity index (χ2n) is 6.84. The van der Waals surface area contributed by atoms with Crippen molar-refractivity contribution in [2.45, 2.75) is 47.7 Å². The van der Waals surface area contributed by atoms with Gasteiger partial charge in [-0.1, -0.05) is 12.1 Å². The molecule has 3 heteroatoms. The quantitative estimate of drug-likeness (QED) is 0.623. The van der Waals surface area contributed by atoms with E-state index < -0.39 is 0 Å². The molecule has 0 aromatic heterocycles. The Bertz CT molecular complexity index is 845. The zero-order valence-corrected chi connectivity index (χ0v) is 15.7. The van der Waals surface area contributed by atoms with Gasteiger partial charge in [0.15, 0.2) is 0 Å². The smallest absolute Gasteiger partial charge is 0.212 e. The van der Waals surface area contributed by atoms with E-state index >= 15 is 0 Å². The lowest BCUT2D eigenvalue weighted by molar-refractivity contribution is 0.730. The van der Waals surface area contributed by atoms with Crippen LogP contribution in [0.1, 0.15) is 34.7 Å². The molecule has 0 unspecified atom stereocenters. The van der Waals surface area contributed by atoms with Crippen LogP contribution in [0.2, 0.25) is 0 Å². The normalized spacial score (nSPS) is 16.3.